The van der Waals surface area contributed by atoms with Crippen molar-refractivity contribution in [3.63, 3.8) is 0 Å². The van der Waals surface area contributed by atoms with Gasteiger partial charge in [0.1, 0.15) is 11.5 Å². The third-order valence-electron chi connectivity index (χ3n) is 15.8. The van der Waals surface area contributed by atoms with Gasteiger partial charge in [0.05, 0.1) is 30.0 Å². The molecule has 8 nitrogen and oxygen atoms in total. The van der Waals surface area contributed by atoms with E-state index in [1.165, 1.54) is 0 Å². The second-order valence-electron chi connectivity index (χ2n) is 18.7. The summed E-state index contributed by atoms with van der Waals surface area (Å²) >= 11 is 0. The standard InChI is InChI=1S/C41H64O8/c1-11-37(6,48-10)18-12-13-25(24-42)33(45)49-32-23-41(34(46)47)27(21-35(32,2)3)26-14-15-29-38(7)19-17-30(43)36(4,5)28(38)16-20-39(29,8)40(26,9)22-31(41)44/h11,13-14,27-32,42-44H,1,12,15-24H2,2-10H3,(H,46,47). The van der Waals surface area contributed by atoms with E-state index in [4.69, 9.17) is 9.47 Å². The molecule has 5 rings (SSSR count). The molecule has 0 aromatic rings. The van der Waals surface area contributed by atoms with Gasteiger partial charge in [-0.1, -0.05) is 72.3 Å². The highest BCUT2D eigenvalue weighted by molar-refractivity contribution is 5.89. The van der Waals surface area contributed by atoms with E-state index in [0.717, 1.165) is 37.7 Å². The highest BCUT2D eigenvalue weighted by Gasteiger charge is 2.72. The van der Waals surface area contributed by atoms with Crippen molar-refractivity contribution in [1.82, 2.24) is 0 Å². The zero-order valence-corrected chi connectivity index (χ0v) is 31.6. The lowest BCUT2D eigenvalue weighted by Gasteiger charge is -2.71. The average molecular weight is 685 g/mol. The number of esters is 1. The molecular weight excluding hydrogens is 620 g/mol. The Morgan fingerprint density at radius 3 is 2.27 bits per heavy atom. The zero-order chi connectivity index (χ0) is 36.6. The minimum atomic E-state index is -1.50. The maximum atomic E-state index is 13.5. The largest absolute Gasteiger partial charge is 0.481 e. The van der Waals surface area contributed by atoms with Gasteiger partial charge in [0.15, 0.2) is 0 Å². The molecule has 49 heavy (non-hydrogen) atoms. The van der Waals surface area contributed by atoms with Crippen molar-refractivity contribution in [3.05, 3.63) is 36.0 Å². The van der Waals surface area contributed by atoms with E-state index in [-0.39, 0.29) is 34.3 Å². The van der Waals surface area contributed by atoms with Crippen molar-refractivity contribution in [2.75, 3.05) is 13.7 Å². The summed E-state index contributed by atoms with van der Waals surface area (Å²) in [6, 6.07) is 0. The Bertz CT molecular complexity index is 1400. The quantitative estimate of drug-likeness (QED) is 0.116. The minimum Gasteiger partial charge on any atom is -0.481 e. The van der Waals surface area contributed by atoms with Crippen molar-refractivity contribution in [3.8, 4) is 0 Å². The lowest BCUT2D eigenvalue weighted by Crippen LogP contribution is -2.68. The highest BCUT2D eigenvalue weighted by Crippen LogP contribution is 2.75. The molecule has 0 aromatic heterocycles. The van der Waals surface area contributed by atoms with E-state index in [9.17, 15) is 30.0 Å². The topological polar surface area (TPSA) is 134 Å². The Morgan fingerprint density at radius 1 is 1.00 bits per heavy atom. The van der Waals surface area contributed by atoms with Crippen molar-refractivity contribution < 1.29 is 39.5 Å². The summed E-state index contributed by atoms with van der Waals surface area (Å²) in [7, 11) is 1.60. The third-order valence-corrected chi connectivity index (χ3v) is 15.8. The summed E-state index contributed by atoms with van der Waals surface area (Å²) in [5, 5.41) is 44.4. The van der Waals surface area contributed by atoms with Crippen molar-refractivity contribution in [2.45, 2.75) is 144 Å². The molecule has 5 aliphatic rings. The Hall–Kier alpha value is -2.00. The van der Waals surface area contributed by atoms with E-state index in [0.29, 0.717) is 37.5 Å². The van der Waals surface area contributed by atoms with E-state index >= 15 is 0 Å². The predicted octanol–water partition coefficient (Wildman–Crippen LogP) is 7.02. The van der Waals surface area contributed by atoms with Crippen LogP contribution in [0.3, 0.4) is 0 Å². The van der Waals surface area contributed by atoms with Gasteiger partial charge in [-0.3, -0.25) is 4.79 Å². The maximum Gasteiger partial charge on any atom is 0.336 e. The molecular formula is C41H64O8. The first-order chi connectivity index (χ1) is 22.6. The fourth-order valence-corrected chi connectivity index (χ4v) is 12.1. The molecule has 11 unspecified atom stereocenters. The number of rotatable bonds is 9. The van der Waals surface area contributed by atoms with Crippen LogP contribution in [-0.4, -0.2) is 70.0 Å². The van der Waals surface area contributed by atoms with Gasteiger partial charge in [-0.2, -0.15) is 0 Å². The van der Waals surface area contributed by atoms with Crippen LogP contribution in [0.25, 0.3) is 0 Å². The number of aliphatic hydroxyl groups is 3. The second-order valence-corrected chi connectivity index (χ2v) is 18.7. The first-order valence-corrected chi connectivity index (χ1v) is 18.6. The highest BCUT2D eigenvalue weighted by atomic mass is 16.5. The number of allylic oxidation sites excluding steroid dienone is 3. The Balaban J connectivity index is 1.47. The number of hydrogen-bond acceptors (Lipinski definition) is 7. The molecule has 0 radical (unpaired) electrons. The van der Waals surface area contributed by atoms with Gasteiger partial charge < -0.3 is 29.9 Å². The summed E-state index contributed by atoms with van der Waals surface area (Å²) < 4.78 is 11.6. The predicted molar refractivity (Wildman–Crippen MR) is 189 cm³/mol. The second kappa shape index (κ2) is 12.6. The van der Waals surface area contributed by atoms with Gasteiger partial charge in [0.2, 0.25) is 0 Å². The number of ether oxygens (including phenoxy) is 2. The van der Waals surface area contributed by atoms with Gasteiger partial charge in [-0.15, -0.1) is 6.58 Å². The number of carbonyl (C=O) groups excluding carboxylic acids is 1. The van der Waals surface area contributed by atoms with Crippen LogP contribution in [-0.2, 0) is 19.1 Å². The molecule has 0 bridgehead atoms. The molecule has 5 aliphatic carbocycles. The molecule has 0 aliphatic heterocycles. The molecule has 8 heteroatoms. The zero-order valence-electron chi connectivity index (χ0n) is 31.6. The SMILES string of the molecule is C=CC(C)(CCC=C(CO)C(=O)OC1CC2(C(=O)O)C(O)CC3(C)C(=CCC4C5(C)CCC(O)C(C)(C)C5CCC43C)C2CC1(C)C)OC. The number of hydrogen-bond donors (Lipinski definition) is 4. The van der Waals surface area contributed by atoms with Gasteiger partial charge in [-0.05, 0) is 104 Å². The Labute approximate surface area is 294 Å². The van der Waals surface area contributed by atoms with Crippen LogP contribution < -0.4 is 0 Å². The van der Waals surface area contributed by atoms with Crippen molar-refractivity contribution in [2.24, 2.45) is 50.2 Å². The van der Waals surface area contributed by atoms with Crippen molar-refractivity contribution in [1.29, 1.82) is 0 Å². The van der Waals surface area contributed by atoms with E-state index in [2.05, 4.69) is 47.3 Å². The van der Waals surface area contributed by atoms with Crippen LogP contribution >= 0.6 is 0 Å². The molecule has 0 aromatic carbocycles. The molecule has 276 valence electrons. The van der Waals surface area contributed by atoms with Gasteiger partial charge in [-0.25, -0.2) is 4.79 Å². The Morgan fingerprint density at radius 2 is 1.67 bits per heavy atom. The lowest BCUT2D eigenvalue weighted by molar-refractivity contribution is -0.227. The molecule has 0 saturated heterocycles. The summed E-state index contributed by atoms with van der Waals surface area (Å²) in [6.07, 6.45) is 9.91. The molecule has 0 spiro atoms. The lowest BCUT2D eigenvalue weighted by atomic mass is 9.33. The fraction of sp³-hybridized carbons (Fsp3) is 0.805. The number of carbonyl (C=O) groups is 2. The first-order valence-electron chi connectivity index (χ1n) is 18.6. The van der Waals surface area contributed by atoms with Crippen LogP contribution in [0, 0.1) is 50.2 Å². The van der Waals surface area contributed by atoms with Gasteiger partial charge in [0.25, 0.3) is 0 Å². The summed E-state index contributed by atoms with van der Waals surface area (Å²) in [4.78, 5) is 27.0. The average Bonchev–Trinajstić information content (AvgIpc) is 3.02. The number of carboxylic acid groups (broad SMARTS) is 1. The molecule has 0 heterocycles. The number of carboxylic acids is 1. The summed E-state index contributed by atoms with van der Waals surface area (Å²) in [5.41, 5.74) is -2.06. The first kappa shape index (κ1) is 38.2. The van der Waals surface area contributed by atoms with Crippen LogP contribution in [0.1, 0.15) is 120 Å². The molecule has 4 saturated carbocycles. The third kappa shape index (κ3) is 5.61. The van der Waals surface area contributed by atoms with Crippen LogP contribution in [0.15, 0.2) is 36.0 Å². The molecule has 11 atom stereocenters. The van der Waals surface area contributed by atoms with Crippen LogP contribution in [0.4, 0.5) is 0 Å². The van der Waals surface area contributed by atoms with Gasteiger partial charge >= 0.3 is 11.9 Å². The Kier molecular flexibility index (Phi) is 9.83. The summed E-state index contributed by atoms with van der Waals surface area (Å²) in [5.74, 6) is -1.37. The monoisotopic (exact) mass is 684 g/mol. The normalized spacial score (nSPS) is 43.8. The molecule has 0 amide bonds. The molecule has 4 N–H and O–H groups in total. The fourth-order valence-electron chi connectivity index (χ4n) is 12.1. The number of methoxy groups -OCH3 is 1. The number of aliphatic carboxylic acids is 1. The van der Waals surface area contributed by atoms with Crippen molar-refractivity contribution >= 4 is 11.9 Å². The van der Waals surface area contributed by atoms with Crippen LogP contribution in [0.5, 0.6) is 0 Å². The van der Waals surface area contributed by atoms with E-state index in [1.54, 1.807) is 19.3 Å². The van der Waals surface area contributed by atoms with E-state index < -0.39 is 58.5 Å². The van der Waals surface area contributed by atoms with Gasteiger partial charge in [0, 0.05) is 18.9 Å². The molecule has 4 fully saturated rings. The number of aliphatic hydroxyl groups excluding tert-OH is 3. The summed E-state index contributed by atoms with van der Waals surface area (Å²) in [6.45, 7) is 20.8. The number of fused-ring (bicyclic) bond motifs is 7. The smallest absolute Gasteiger partial charge is 0.336 e. The van der Waals surface area contributed by atoms with Crippen LogP contribution in [0.2, 0.25) is 0 Å². The maximum absolute atomic E-state index is 13.5. The van der Waals surface area contributed by atoms with E-state index in [1.807, 2.05) is 20.8 Å². The minimum absolute atomic E-state index is 0.00323.